The average molecular weight is 304 g/mol. The molecule has 78 valence electrons. The van der Waals surface area contributed by atoms with Crippen molar-refractivity contribution in [3.05, 3.63) is 30.7 Å². The van der Waals surface area contributed by atoms with Crippen LogP contribution in [0.5, 0.6) is 0 Å². The maximum atomic E-state index is 10.7. The molecule has 0 atom stereocenters. The number of hydrogen-bond donors (Lipinski definition) is 1. The summed E-state index contributed by atoms with van der Waals surface area (Å²) in [6, 6.07) is 0. The van der Waals surface area contributed by atoms with E-state index in [1.165, 1.54) is 0 Å². The molecule has 0 unspecified atom stereocenters. The maximum absolute atomic E-state index is 10.7. The van der Waals surface area contributed by atoms with Gasteiger partial charge >= 0.3 is 5.70 Å². The highest BCUT2D eigenvalue weighted by molar-refractivity contribution is 9.12. The van der Waals surface area contributed by atoms with Gasteiger partial charge < -0.3 is 10.1 Å². The number of nitrogens with one attached hydrogen (secondary N) is 1. The van der Waals surface area contributed by atoms with Gasteiger partial charge in [-0.1, -0.05) is 23.2 Å². The van der Waals surface area contributed by atoms with Crippen molar-refractivity contribution in [2.75, 3.05) is 13.2 Å². The maximum Gasteiger partial charge on any atom is 0.348 e. The molecule has 0 spiro atoms. The summed E-state index contributed by atoms with van der Waals surface area (Å²) in [5.41, 5.74) is -0.369. The summed E-state index contributed by atoms with van der Waals surface area (Å²) in [6.45, 7) is 0.882. The fourth-order valence-corrected chi connectivity index (χ4v) is 1.31. The second-order valence-corrected chi connectivity index (χ2v) is 4.29. The first-order valence-electron chi connectivity index (χ1n) is 3.50. The van der Waals surface area contributed by atoms with Crippen LogP contribution in [-0.4, -0.2) is 18.1 Å². The van der Waals surface area contributed by atoms with Crippen LogP contribution >= 0.6 is 39.1 Å². The van der Waals surface area contributed by atoms with Gasteiger partial charge in [0.1, 0.15) is 15.6 Å². The fourth-order valence-electron chi connectivity index (χ4n) is 0.873. The second kappa shape index (κ2) is 4.86. The Balaban J connectivity index is 3.13. The highest BCUT2D eigenvalue weighted by Gasteiger charge is 2.28. The van der Waals surface area contributed by atoms with Crippen molar-refractivity contribution < 1.29 is 9.66 Å². The highest BCUT2D eigenvalue weighted by atomic mass is 79.9. The monoisotopic (exact) mass is 302 g/mol. The summed E-state index contributed by atoms with van der Waals surface area (Å²) in [6.07, 6.45) is 0. The summed E-state index contributed by atoms with van der Waals surface area (Å²) in [7, 11) is 0. The van der Waals surface area contributed by atoms with Crippen molar-refractivity contribution in [2.45, 2.75) is 0 Å². The summed E-state index contributed by atoms with van der Waals surface area (Å²) in [5.74, 6) is 0.0394. The standard InChI is InChI=1S/C6H5BrCl2N2O3/c7-5(9)3(8)4(11(12)13)6-10-1-2-14-6/h10H,1-2H2/b5-3-,6-4+. The predicted molar refractivity (Wildman–Crippen MR) is 55.6 cm³/mol. The molecule has 0 saturated carbocycles. The smallest absolute Gasteiger partial charge is 0.348 e. The SMILES string of the molecule is O=[N+]([O-])C(=C1\NCCO1)/C(Cl)=C(/Cl)Br. The highest BCUT2D eigenvalue weighted by Crippen LogP contribution is 2.29. The number of rotatable bonds is 2. The molecule has 1 fully saturated rings. The molecule has 1 aliphatic rings. The zero-order valence-electron chi connectivity index (χ0n) is 6.72. The molecule has 1 heterocycles. The molecule has 0 aromatic rings. The minimum Gasteiger partial charge on any atom is -0.472 e. The lowest BCUT2D eigenvalue weighted by molar-refractivity contribution is -0.423. The molecule has 0 radical (unpaired) electrons. The van der Waals surface area contributed by atoms with Crippen LogP contribution in [0, 0.1) is 10.1 Å². The topological polar surface area (TPSA) is 64.4 Å². The normalized spacial score (nSPS) is 20.8. The van der Waals surface area contributed by atoms with Gasteiger partial charge in [0, 0.05) is 0 Å². The van der Waals surface area contributed by atoms with Crippen molar-refractivity contribution in [3.8, 4) is 0 Å². The first-order valence-corrected chi connectivity index (χ1v) is 5.05. The summed E-state index contributed by atoms with van der Waals surface area (Å²) < 4.78 is 4.94. The van der Waals surface area contributed by atoms with Gasteiger partial charge in [-0.3, -0.25) is 10.1 Å². The van der Waals surface area contributed by atoms with E-state index < -0.39 is 4.92 Å². The van der Waals surface area contributed by atoms with E-state index in [4.69, 9.17) is 27.9 Å². The molecular weight excluding hydrogens is 299 g/mol. The molecule has 8 heteroatoms. The van der Waals surface area contributed by atoms with Crippen LogP contribution in [0.25, 0.3) is 0 Å². The quantitative estimate of drug-likeness (QED) is 0.627. The third-order valence-corrected chi connectivity index (χ3v) is 2.68. The Morgan fingerprint density at radius 1 is 1.64 bits per heavy atom. The third-order valence-electron chi connectivity index (χ3n) is 1.41. The molecule has 0 amide bonds. The Kier molecular flexibility index (Phi) is 4.03. The van der Waals surface area contributed by atoms with Crippen molar-refractivity contribution >= 4 is 39.1 Å². The van der Waals surface area contributed by atoms with E-state index in [1.54, 1.807) is 0 Å². The average Bonchev–Trinajstić information content (AvgIpc) is 2.56. The number of nitrogens with zero attached hydrogens (tertiary/aromatic N) is 1. The van der Waals surface area contributed by atoms with Crippen LogP contribution in [0.1, 0.15) is 0 Å². The van der Waals surface area contributed by atoms with E-state index in [0.29, 0.717) is 13.2 Å². The number of allylic oxidation sites excluding steroid dienone is 1. The summed E-state index contributed by atoms with van der Waals surface area (Å²) in [4.78, 5) is 10.0. The van der Waals surface area contributed by atoms with Crippen molar-refractivity contribution in [1.82, 2.24) is 5.32 Å². The fraction of sp³-hybridized carbons (Fsp3) is 0.333. The molecule has 1 aliphatic heterocycles. The number of nitro groups is 1. The third kappa shape index (κ3) is 2.52. The van der Waals surface area contributed by atoms with Gasteiger partial charge in [-0.05, 0) is 15.9 Å². The Morgan fingerprint density at radius 2 is 2.29 bits per heavy atom. The van der Waals surface area contributed by atoms with Crippen molar-refractivity contribution in [2.24, 2.45) is 0 Å². The van der Waals surface area contributed by atoms with Crippen LogP contribution in [0.4, 0.5) is 0 Å². The van der Waals surface area contributed by atoms with Crippen molar-refractivity contribution in [3.63, 3.8) is 0 Å². The lowest BCUT2D eigenvalue weighted by atomic mass is 10.4. The second-order valence-electron chi connectivity index (χ2n) is 2.28. The van der Waals surface area contributed by atoms with E-state index >= 15 is 0 Å². The molecule has 1 N–H and O–H groups in total. The van der Waals surface area contributed by atoms with Gasteiger partial charge in [0.2, 0.25) is 0 Å². The van der Waals surface area contributed by atoms with Crippen LogP contribution < -0.4 is 5.32 Å². The molecule has 0 aromatic carbocycles. The Bertz CT molecular complexity index is 317. The zero-order valence-corrected chi connectivity index (χ0v) is 9.82. The van der Waals surface area contributed by atoms with Crippen LogP contribution in [0.3, 0.4) is 0 Å². The minimum atomic E-state index is -0.653. The number of ether oxygens (including phenoxy) is 1. The lowest BCUT2D eigenvalue weighted by Gasteiger charge is -2.01. The zero-order chi connectivity index (χ0) is 10.7. The van der Waals surface area contributed by atoms with Gasteiger partial charge in [-0.15, -0.1) is 0 Å². The van der Waals surface area contributed by atoms with E-state index in [-0.39, 0.29) is 20.6 Å². The van der Waals surface area contributed by atoms with E-state index in [0.717, 1.165) is 0 Å². The van der Waals surface area contributed by atoms with Crippen molar-refractivity contribution in [1.29, 1.82) is 0 Å². The summed E-state index contributed by atoms with van der Waals surface area (Å²) >= 11 is 14.0. The number of halogens is 3. The molecule has 0 aliphatic carbocycles. The predicted octanol–water partition coefficient (Wildman–Crippen LogP) is 2.09. The Morgan fingerprint density at radius 3 is 2.64 bits per heavy atom. The van der Waals surface area contributed by atoms with Gasteiger partial charge in [-0.2, -0.15) is 0 Å². The van der Waals surface area contributed by atoms with Gasteiger partial charge in [0.25, 0.3) is 5.88 Å². The lowest BCUT2D eigenvalue weighted by Crippen LogP contribution is -2.13. The number of hydrogen-bond acceptors (Lipinski definition) is 4. The first-order chi connectivity index (χ1) is 6.54. The van der Waals surface area contributed by atoms with E-state index in [2.05, 4.69) is 21.2 Å². The van der Waals surface area contributed by atoms with Gasteiger partial charge in [0.05, 0.1) is 11.5 Å². The minimum absolute atomic E-state index is 0.0318. The Hall–Kier alpha value is -0.460. The molecule has 1 saturated heterocycles. The molecule has 14 heavy (non-hydrogen) atoms. The molecule has 0 aromatic heterocycles. The molecule has 5 nitrogen and oxygen atoms in total. The molecule has 1 rings (SSSR count). The summed E-state index contributed by atoms with van der Waals surface area (Å²) in [5, 5.41) is 13.2. The first kappa shape index (κ1) is 11.6. The van der Waals surface area contributed by atoms with E-state index in [9.17, 15) is 10.1 Å². The largest absolute Gasteiger partial charge is 0.472 e. The molecule has 0 bridgehead atoms. The van der Waals surface area contributed by atoms with Crippen LogP contribution in [0.2, 0.25) is 0 Å². The van der Waals surface area contributed by atoms with Gasteiger partial charge in [0.15, 0.2) is 0 Å². The van der Waals surface area contributed by atoms with Crippen LogP contribution in [0.15, 0.2) is 20.6 Å². The van der Waals surface area contributed by atoms with Crippen LogP contribution in [-0.2, 0) is 4.74 Å². The molecular formula is C6H5BrCl2N2O3. The Labute approximate surface area is 98.0 Å². The van der Waals surface area contributed by atoms with E-state index in [1.807, 2.05) is 0 Å². The van der Waals surface area contributed by atoms with Gasteiger partial charge in [-0.25, -0.2) is 0 Å².